The molecular formula is C7H8F5NO2. The number of hydrogen-bond acceptors (Lipinski definition) is 2. The smallest absolute Gasteiger partial charge is 0.387 e. The number of aliphatic hydroxyl groups excluding tert-OH is 1. The number of carbonyl (C=O) groups is 1. The lowest BCUT2D eigenvalue weighted by Gasteiger charge is -2.35. The lowest BCUT2D eigenvalue weighted by Crippen LogP contribution is -2.55. The van der Waals surface area contributed by atoms with Gasteiger partial charge in [-0.3, -0.25) is 4.79 Å². The number of likely N-dealkylation sites (tertiary alicyclic amines) is 1. The van der Waals surface area contributed by atoms with Crippen molar-refractivity contribution in [3.8, 4) is 0 Å². The van der Waals surface area contributed by atoms with E-state index in [1.807, 2.05) is 0 Å². The number of nitrogens with zero attached hydrogens (tertiary/aromatic N) is 1. The fourth-order valence-corrected chi connectivity index (χ4v) is 1.28. The van der Waals surface area contributed by atoms with Crippen molar-refractivity contribution in [2.24, 2.45) is 0 Å². The lowest BCUT2D eigenvalue weighted by molar-refractivity contribution is -0.201. The monoisotopic (exact) mass is 233 g/mol. The second kappa shape index (κ2) is 3.58. The fraction of sp³-hybridized carbons (Fsp3) is 0.857. The Morgan fingerprint density at radius 3 is 2.33 bits per heavy atom. The predicted octanol–water partition coefficient (Wildman–Crippen LogP) is 0.777. The van der Waals surface area contributed by atoms with E-state index in [-0.39, 0.29) is 4.90 Å². The van der Waals surface area contributed by atoms with Crippen molar-refractivity contribution < 1.29 is 31.9 Å². The molecule has 0 spiro atoms. The van der Waals surface area contributed by atoms with E-state index in [1.54, 1.807) is 0 Å². The highest BCUT2D eigenvalue weighted by molar-refractivity contribution is 5.82. The van der Waals surface area contributed by atoms with Gasteiger partial charge in [0.15, 0.2) is 0 Å². The molecule has 1 rings (SSSR count). The maximum atomic E-state index is 12.8. The van der Waals surface area contributed by atoms with Gasteiger partial charge in [0.05, 0.1) is 6.54 Å². The van der Waals surface area contributed by atoms with Gasteiger partial charge in [-0.25, -0.2) is 8.78 Å². The molecule has 1 N–H and O–H groups in total. The third kappa shape index (κ3) is 2.55. The molecule has 0 saturated carbocycles. The van der Waals surface area contributed by atoms with Gasteiger partial charge in [0.1, 0.15) is 6.10 Å². The third-order valence-corrected chi connectivity index (χ3v) is 2.09. The van der Waals surface area contributed by atoms with E-state index in [0.29, 0.717) is 0 Å². The first-order chi connectivity index (χ1) is 6.64. The minimum Gasteiger partial charge on any atom is -0.387 e. The van der Waals surface area contributed by atoms with Crippen molar-refractivity contribution in [1.82, 2.24) is 4.90 Å². The van der Waals surface area contributed by atoms with Crippen molar-refractivity contribution in [2.45, 2.75) is 24.6 Å². The molecule has 1 amide bonds. The number of carbonyl (C=O) groups excluding carboxylic acids is 1. The van der Waals surface area contributed by atoms with E-state index in [0.717, 1.165) is 0 Å². The summed E-state index contributed by atoms with van der Waals surface area (Å²) in [6.45, 7) is -1.92. The Morgan fingerprint density at radius 2 is 1.93 bits per heavy atom. The highest BCUT2D eigenvalue weighted by Gasteiger charge is 2.50. The minimum absolute atomic E-state index is 0.00667. The summed E-state index contributed by atoms with van der Waals surface area (Å²) in [6.07, 6.45) is -7.71. The summed E-state index contributed by atoms with van der Waals surface area (Å²) in [5, 5.41) is 8.77. The van der Waals surface area contributed by atoms with Crippen LogP contribution in [0, 0.1) is 0 Å². The summed E-state index contributed by atoms with van der Waals surface area (Å²) < 4.78 is 61.2. The number of amides is 1. The zero-order valence-corrected chi connectivity index (χ0v) is 7.39. The summed E-state index contributed by atoms with van der Waals surface area (Å²) in [4.78, 5) is 10.6. The standard InChI is InChI=1S/C7H8F5NO2/c8-6(9)3-13(2-1-4(6)14)5(15)7(10,11)12/h4,14H,1-3H2. The Bertz CT molecular complexity index is 265. The van der Waals surface area contributed by atoms with Gasteiger partial charge in [-0.1, -0.05) is 0 Å². The number of aliphatic hydroxyl groups is 1. The fourth-order valence-electron chi connectivity index (χ4n) is 1.28. The lowest BCUT2D eigenvalue weighted by atomic mass is 10.0. The van der Waals surface area contributed by atoms with Crippen molar-refractivity contribution in [3.05, 3.63) is 0 Å². The van der Waals surface area contributed by atoms with Crippen LogP contribution in [0.15, 0.2) is 0 Å². The molecule has 1 atom stereocenters. The second-order valence-electron chi connectivity index (χ2n) is 3.29. The molecule has 1 unspecified atom stereocenters. The summed E-state index contributed by atoms with van der Waals surface area (Å²) >= 11 is 0. The zero-order valence-electron chi connectivity index (χ0n) is 7.39. The quantitative estimate of drug-likeness (QED) is 0.628. The zero-order chi connectivity index (χ0) is 11.9. The van der Waals surface area contributed by atoms with Crippen LogP contribution in [0.2, 0.25) is 0 Å². The molecule has 1 fully saturated rings. The SMILES string of the molecule is O=C(N1CCC(O)C(F)(F)C1)C(F)(F)F. The maximum absolute atomic E-state index is 12.8. The van der Waals surface area contributed by atoms with E-state index in [9.17, 15) is 26.7 Å². The Balaban J connectivity index is 2.72. The number of piperidine rings is 1. The van der Waals surface area contributed by atoms with Gasteiger partial charge in [-0.2, -0.15) is 13.2 Å². The summed E-state index contributed by atoms with van der Waals surface area (Å²) in [6, 6.07) is 0. The largest absolute Gasteiger partial charge is 0.471 e. The Hall–Kier alpha value is -0.920. The number of halogens is 5. The van der Waals surface area contributed by atoms with Crippen LogP contribution in [0.5, 0.6) is 0 Å². The Morgan fingerprint density at radius 1 is 1.40 bits per heavy atom. The van der Waals surface area contributed by atoms with E-state index in [2.05, 4.69) is 0 Å². The first-order valence-electron chi connectivity index (χ1n) is 4.06. The molecule has 1 aliphatic rings. The van der Waals surface area contributed by atoms with Gasteiger partial charge in [-0.15, -0.1) is 0 Å². The van der Waals surface area contributed by atoms with Crippen LogP contribution in [-0.2, 0) is 4.79 Å². The highest BCUT2D eigenvalue weighted by atomic mass is 19.4. The van der Waals surface area contributed by atoms with Gasteiger partial charge >= 0.3 is 12.1 Å². The number of rotatable bonds is 0. The van der Waals surface area contributed by atoms with Gasteiger partial charge in [0.2, 0.25) is 0 Å². The first kappa shape index (κ1) is 12.2. The second-order valence-corrected chi connectivity index (χ2v) is 3.29. The van der Waals surface area contributed by atoms with Crippen molar-refractivity contribution >= 4 is 5.91 Å². The molecule has 0 aliphatic carbocycles. The number of hydrogen-bond donors (Lipinski definition) is 1. The maximum Gasteiger partial charge on any atom is 0.471 e. The Kier molecular flexibility index (Phi) is 2.90. The molecule has 1 heterocycles. The van der Waals surface area contributed by atoms with E-state index in [1.165, 1.54) is 0 Å². The van der Waals surface area contributed by atoms with Crippen LogP contribution in [-0.4, -0.2) is 47.2 Å². The van der Waals surface area contributed by atoms with Crippen molar-refractivity contribution in [2.75, 3.05) is 13.1 Å². The van der Waals surface area contributed by atoms with Crippen LogP contribution in [0.4, 0.5) is 22.0 Å². The van der Waals surface area contributed by atoms with Crippen molar-refractivity contribution in [1.29, 1.82) is 0 Å². The summed E-state index contributed by atoms with van der Waals surface area (Å²) in [5.41, 5.74) is 0. The molecule has 88 valence electrons. The van der Waals surface area contributed by atoms with Crippen LogP contribution in [0.25, 0.3) is 0 Å². The molecule has 0 aromatic carbocycles. The molecule has 3 nitrogen and oxygen atoms in total. The van der Waals surface area contributed by atoms with Crippen LogP contribution < -0.4 is 0 Å². The van der Waals surface area contributed by atoms with E-state index < -0.39 is 43.6 Å². The summed E-state index contributed by atoms with van der Waals surface area (Å²) in [5.74, 6) is -5.98. The molecule has 0 bridgehead atoms. The van der Waals surface area contributed by atoms with Crippen molar-refractivity contribution in [3.63, 3.8) is 0 Å². The molecule has 0 aromatic heterocycles. The van der Waals surface area contributed by atoms with Crippen LogP contribution >= 0.6 is 0 Å². The summed E-state index contributed by atoms with van der Waals surface area (Å²) in [7, 11) is 0. The molecule has 15 heavy (non-hydrogen) atoms. The average molecular weight is 233 g/mol. The third-order valence-electron chi connectivity index (χ3n) is 2.09. The van der Waals surface area contributed by atoms with Crippen LogP contribution in [0.1, 0.15) is 6.42 Å². The predicted molar refractivity (Wildman–Crippen MR) is 38.2 cm³/mol. The van der Waals surface area contributed by atoms with E-state index >= 15 is 0 Å². The van der Waals surface area contributed by atoms with E-state index in [4.69, 9.17) is 5.11 Å². The normalized spacial score (nSPS) is 26.5. The average Bonchev–Trinajstić information content (AvgIpc) is 2.07. The van der Waals surface area contributed by atoms with Gasteiger partial charge in [0, 0.05) is 6.54 Å². The van der Waals surface area contributed by atoms with Crippen LogP contribution in [0.3, 0.4) is 0 Å². The van der Waals surface area contributed by atoms with Gasteiger partial charge in [0.25, 0.3) is 5.92 Å². The first-order valence-corrected chi connectivity index (χ1v) is 4.06. The molecule has 1 aliphatic heterocycles. The Labute approximate surface area is 81.5 Å². The topological polar surface area (TPSA) is 40.5 Å². The molecule has 0 radical (unpaired) electrons. The molecule has 1 saturated heterocycles. The van der Waals surface area contributed by atoms with Gasteiger partial charge in [-0.05, 0) is 6.42 Å². The molecule has 0 aromatic rings. The minimum atomic E-state index is -5.15. The molecular weight excluding hydrogens is 225 g/mol. The number of alkyl halides is 5. The molecule has 8 heteroatoms. The van der Waals surface area contributed by atoms with Gasteiger partial charge < -0.3 is 10.0 Å². The highest BCUT2D eigenvalue weighted by Crippen LogP contribution is 2.29.